The molecule has 8 amide bonds. The van der Waals surface area contributed by atoms with Crippen LogP contribution in [-0.2, 0) is 81.6 Å². The van der Waals surface area contributed by atoms with Gasteiger partial charge >= 0.3 is 24.2 Å². The van der Waals surface area contributed by atoms with E-state index in [9.17, 15) is 62.3 Å². The summed E-state index contributed by atoms with van der Waals surface area (Å²) in [5.74, 6) is -5.33. The number of hydroxylamine groups is 8. The number of imide groups is 4. The molecule has 0 radical (unpaired) electrons. The van der Waals surface area contributed by atoms with Crippen LogP contribution in [0.15, 0.2) is 12.2 Å². The van der Waals surface area contributed by atoms with E-state index in [0.717, 1.165) is 40.2 Å². The van der Waals surface area contributed by atoms with Crippen LogP contribution >= 0.6 is 0 Å². The summed E-state index contributed by atoms with van der Waals surface area (Å²) in [5, 5.41) is 1.77. The molecule has 3 fully saturated rings. The van der Waals surface area contributed by atoms with Crippen LogP contribution in [0.1, 0.15) is 72.6 Å². The van der Waals surface area contributed by atoms with Crippen molar-refractivity contribution in [3.63, 3.8) is 0 Å². The quantitative estimate of drug-likeness (QED) is 0.258. The molecule has 280 valence electrons. The minimum Gasteiger partial charge on any atom is -0.436 e. The van der Waals surface area contributed by atoms with Gasteiger partial charge in [0, 0.05) is 70.9 Å². The van der Waals surface area contributed by atoms with Crippen molar-refractivity contribution < 1.29 is 91.2 Å². The smallest absolute Gasteiger partial charge is 0.436 e. The Kier molecular flexibility index (Phi) is 19.3. The molecule has 0 aliphatic carbocycles. The second-order valence-corrected chi connectivity index (χ2v) is 9.36. The maximum absolute atomic E-state index is 10.8. The number of carbonyl (C=O) groups excluding carboxylic acids is 13. The van der Waals surface area contributed by atoms with Crippen LogP contribution in [-0.4, -0.2) is 112 Å². The Hall–Kier alpha value is -6.55. The van der Waals surface area contributed by atoms with Gasteiger partial charge in [0.25, 0.3) is 47.3 Å². The highest BCUT2D eigenvalue weighted by Crippen LogP contribution is 2.13. The molecule has 0 atom stereocenters. The van der Waals surface area contributed by atoms with Gasteiger partial charge in [-0.05, 0) is 6.92 Å². The van der Waals surface area contributed by atoms with Crippen LogP contribution in [0.5, 0.6) is 0 Å². The average molecular weight is 731 g/mol. The van der Waals surface area contributed by atoms with Gasteiger partial charge in [-0.25, -0.2) is 19.2 Å². The largest absolute Gasteiger partial charge is 0.533 e. The standard InChI is InChI=1S/C6H7NO5.C6H5NO5.2C6H7NO4.C4H8O/c2*1-11-6(10)12-7-4(8)2-3-5(7)9;2*1-4(8)11-7-5(9)2-3-6(7)10;1-3-4(2)5/h2-3H2,1H3;2-3H,1H3;2*2-3H2,1H3;3H2,1-2H3. The molecule has 23 heteroatoms. The lowest BCUT2D eigenvalue weighted by Crippen LogP contribution is -2.32. The summed E-state index contributed by atoms with van der Waals surface area (Å²) in [4.78, 5) is 155. The Morgan fingerprint density at radius 3 is 0.941 bits per heavy atom. The summed E-state index contributed by atoms with van der Waals surface area (Å²) < 4.78 is 8.18. The van der Waals surface area contributed by atoms with Crippen molar-refractivity contribution in [1.82, 2.24) is 20.3 Å². The highest BCUT2D eigenvalue weighted by atomic mass is 16.8. The van der Waals surface area contributed by atoms with E-state index < -0.39 is 71.5 Å². The minimum absolute atomic E-state index is 0.0792. The molecular weight excluding hydrogens is 696 g/mol. The summed E-state index contributed by atoms with van der Waals surface area (Å²) >= 11 is 0. The lowest BCUT2D eigenvalue weighted by atomic mass is 10.4. The molecule has 23 nitrogen and oxygen atoms in total. The van der Waals surface area contributed by atoms with Gasteiger partial charge in [-0.1, -0.05) is 17.1 Å². The third-order valence-electron chi connectivity index (χ3n) is 5.39. The lowest BCUT2D eigenvalue weighted by molar-refractivity contribution is -0.195. The second kappa shape index (κ2) is 22.2. The zero-order valence-corrected chi connectivity index (χ0v) is 28.2. The van der Waals surface area contributed by atoms with Crippen LogP contribution in [0, 0.1) is 0 Å². The number of carbonyl (C=O) groups is 13. The van der Waals surface area contributed by atoms with Crippen molar-refractivity contribution in [2.45, 2.75) is 72.6 Å². The SMILES string of the molecule is CC(=O)ON1C(=O)CCC1=O.CC(=O)ON1C(=O)CCC1=O.CCC(C)=O.COC(=O)ON1C(=O)C=CC1=O.COC(=O)ON1C(=O)CCC1=O. The van der Waals surface area contributed by atoms with E-state index in [1.54, 1.807) is 6.92 Å². The summed E-state index contributed by atoms with van der Waals surface area (Å²) in [6, 6.07) is 0. The number of ether oxygens (including phenoxy) is 2. The number of hydrogen-bond acceptors (Lipinski definition) is 19. The van der Waals surface area contributed by atoms with E-state index in [-0.39, 0.29) is 44.3 Å². The van der Waals surface area contributed by atoms with Gasteiger partial charge < -0.3 is 23.9 Å². The van der Waals surface area contributed by atoms with E-state index >= 15 is 0 Å². The first-order valence-corrected chi connectivity index (χ1v) is 14.3. The fourth-order valence-corrected chi connectivity index (χ4v) is 2.93. The van der Waals surface area contributed by atoms with Gasteiger partial charge in [-0.15, -0.1) is 10.1 Å². The topological polar surface area (TPSA) is 290 Å². The minimum atomic E-state index is -1.11. The van der Waals surface area contributed by atoms with E-state index in [1.165, 1.54) is 0 Å². The van der Waals surface area contributed by atoms with Crippen LogP contribution in [0.4, 0.5) is 9.59 Å². The molecule has 3 saturated heterocycles. The number of amides is 8. The second-order valence-electron chi connectivity index (χ2n) is 9.36. The van der Waals surface area contributed by atoms with Crippen LogP contribution in [0.25, 0.3) is 0 Å². The zero-order chi connectivity index (χ0) is 39.4. The third-order valence-corrected chi connectivity index (χ3v) is 5.39. The predicted molar refractivity (Wildman–Crippen MR) is 156 cm³/mol. The van der Waals surface area contributed by atoms with Crippen molar-refractivity contribution in [2.75, 3.05) is 14.2 Å². The molecule has 0 bridgehead atoms. The van der Waals surface area contributed by atoms with Gasteiger partial charge in [-0.3, -0.25) is 48.0 Å². The molecule has 0 N–H and O–H groups in total. The molecule has 0 unspecified atom stereocenters. The fraction of sp³-hybridized carbons (Fsp3) is 0.464. The molecule has 4 heterocycles. The molecule has 4 aliphatic heterocycles. The van der Waals surface area contributed by atoms with Gasteiger partial charge in [0.1, 0.15) is 5.78 Å². The monoisotopic (exact) mass is 730 g/mol. The molecule has 51 heavy (non-hydrogen) atoms. The summed E-state index contributed by atoms with van der Waals surface area (Å²) in [5.41, 5.74) is 0. The summed E-state index contributed by atoms with van der Waals surface area (Å²) in [7, 11) is 2.16. The molecule has 0 saturated carbocycles. The van der Waals surface area contributed by atoms with E-state index in [2.05, 4.69) is 28.8 Å². The normalized spacial score (nSPS) is 15.7. The molecule has 0 spiro atoms. The molecule has 4 rings (SSSR count). The van der Waals surface area contributed by atoms with Gasteiger partial charge in [0.2, 0.25) is 0 Å². The first kappa shape index (κ1) is 44.4. The van der Waals surface area contributed by atoms with Crippen LogP contribution < -0.4 is 0 Å². The van der Waals surface area contributed by atoms with Crippen LogP contribution in [0.2, 0.25) is 0 Å². The predicted octanol–water partition coefficient (Wildman–Crippen LogP) is -0.345. The Labute approximate surface area is 288 Å². The number of ketones is 1. The number of rotatable bonds is 5. The van der Waals surface area contributed by atoms with Gasteiger partial charge in [-0.2, -0.15) is 0 Å². The number of methoxy groups -OCH3 is 2. The summed E-state index contributed by atoms with van der Waals surface area (Å²) in [6.07, 6.45) is 1.15. The molecule has 0 aromatic heterocycles. The van der Waals surface area contributed by atoms with Crippen molar-refractivity contribution >= 4 is 77.3 Å². The Bertz CT molecular complexity index is 1340. The first-order chi connectivity index (χ1) is 23.8. The van der Waals surface area contributed by atoms with Crippen molar-refractivity contribution in [1.29, 1.82) is 0 Å². The highest BCUT2D eigenvalue weighted by molar-refractivity contribution is 6.12. The third kappa shape index (κ3) is 16.4. The number of Topliss-reactive ketones (excluding diaryl/α,β-unsaturated/α-hetero) is 1. The number of nitrogens with zero attached hydrogens (tertiary/aromatic N) is 4. The molecular formula is C28H34N4O19. The maximum atomic E-state index is 10.8. The molecule has 4 aliphatic rings. The van der Waals surface area contributed by atoms with Crippen LogP contribution in [0.3, 0.4) is 0 Å². The van der Waals surface area contributed by atoms with Crippen molar-refractivity contribution in [3.8, 4) is 0 Å². The Morgan fingerprint density at radius 2 is 0.725 bits per heavy atom. The Balaban J connectivity index is 0.000000626. The van der Waals surface area contributed by atoms with Crippen molar-refractivity contribution in [2.24, 2.45) is 0 Å². The average Bonchev–Trinajstić information content (AvgIpc) is 3.78. The highest BCUT2D eigenvalue weighted by Gasteiger charge is 2.34. The first-order valence-electron chi connectivity index (χ1n) is 14.3. The van der Waals surface area contributed by atoms with E-state index in [4.69, 9.17) is 0 Å². The fourth-order valence-electron chi connectivity index (χ4n) is 2.93. The molecule has 0 aromatic carbocycles. The Morgan fingerprint density at radius 1 is 0.490 bits per heavy atom. The lowest BCUT2D eigenvalue weighted by Gasteiger charge is -2.10. The van der Waals surface area contributed by atoms with E-state index in [0.29, 0.717) is 26.7 Å². The number of hydrogen-bond donors (Lipinski definition) is 0. The van der Waals surface area contributed by atoms with Crippen molar-refractivity contribution in [3.05, 3.63) is 12.2 Å². The van der Waals surface area contributed by atoms with Gasteiger partial charge in [0.05, 0.1) is 14.2 Å². The van der Waals surface area contributed by atoms with E-state index in [1.807, 2.05) is 6.92 Å². The summed E-state index contributed by atoms with van der Waals surface area (Å²) in [6.45, 7) is 5.71. The molecule has 0 aromatic rings. The zero-order valence-electron chi connectivity index (χ0n) is 28.2. The maximum Gasteiger partial charge on any atom is 0.533 e. The van der Waals surface area contributed by atoms with Gasteiger partial charge in [0.15, 0.2) is 0 Å².